The van der Waals surface area contributed by atoms with Crippen LogP contribution in [0.4, 0.5) is 5.69 Å². The summed E-state index contributed by atoms with van der Waals surface area (Å²) in [4.78, 5) is 51.3. The number of amides is 1. The van der Waals surface area contributed by atoms with Gasteiger partial charge in [0.1, 0.15) is 5.75 Å². The smallest absolute Gasteiger partial charge is 0.343 e. The van der Waals surface area contributed by atoms with E-state index in [1.807, 2.05) is 32.0 Å². The second-order valence-electron chi connectivity index (χ2n) is 8.51. The van der Waals surface area contributed by atoms with Gasteiger partial charge in [0.05, 0.1) is 11.5 Å². The molecule has 1 aliphatic rings. The van der Waals surface area contributed by atoms with E-state index < -0.39 is 30.2 Å². The van der Waals surface area contributed by atoms with Gasteiger partial charge in [0.25, 0.3) is 0 Å². The van der Waals surface area contributed by atoms with E-state index >= 15 is 0 Å². The van der Waals surface area contributed by atoms with E-state index in [4.69, 9.17) is 9.47 Å². The van der Waals surface area contributed by atoms with Gasteiger partial charge in [-0.3, -0.25) is 14.4 Å². The van der Waals surface area contributed by atoms with Gasteiger partial charge in [-0.2, -0.15) is 0 Å². The van der Waals surface area contributed by atoms with Gasteiger partial charge in [-0.15, -0.1) is 0 Å². The Balaban J connectivity index is 1.30. The Morgan fingerprint density at radius 2 is 1.63 bits per heavy atom. The highest BCUT2D eigenvalue weighted by Crippen LogP contribution is 2.29. The van der Waals surface area contributed by atoms with Crippen LogP contribution in [0.5, 0.6) is 5.75 Å². The molecule has 0 radical (unpaired) electrons. The molecule has 1 atom stereocenters. The predicted octanol–water partition coefficient (Wildman–Crippen LogP) is 4.30. The van der Waals surface area contributed by atoms with Crippen molar-refractivity contribution in [3.63, 3.8) is 0 Å². The molecule has 178 valence electrons. The quantitative estimate of drug-likeness (QED) is 0.290. The van der Waals surface area contributed by atoms with E-state index in [2.05, 4.69) is 0 Å². The number of ether oxygens (including phenoxy) is 2. The lowest BCUT2D eigenvalue weighted by Gasteiger charge is -2.19. The van der Waals surface area contributed by atoms with E-state index in [0.717, 1.165) is 16.8 Å². The first-order valence-corrected chi connectivity index (χ1v) is 11.3. The zero-order chi connectivity index (χ0) is 24.9. The largest absolute Gasteiger partial charge is 0.457 e. The Morgan fingerprint density at radius 3 is 2.31 bits per heavy atom. The number of Topliss-reactive ketones (excluding diaryl/α,β-unsaturated/α-hetero) is 1. The maximum Gasteiger partial charge on any atom is 0.343 e. The topological polar surface area (TPSA) is 90.0 Å². The number of anilines is 1. The minimum Gasteiger partial charge on any atom is -0.457 e. The maximum absolute atomic E-state index is 12.5. The highest BCUT2D eigenvalue weighted by molar-refractivity contribution is 6.01. The van der Waals surface area contributed by atoms with E-state index in [1.54, 1.807) is 35.2 Å². The molecule has 7 nitrogen and oxygen atoms in total. The van der Waals surface area contributed by atoms with Crippen LogP contribution < -0.4 is 9.64 Å². The standard InChI is InChI=1S/C28H25NO6/c1-18-8-13-24(19(2)14-18)29-16-22(15-26(29)31)27(32)34-17-25(30)20-9-11-23(12-10-20)35-28(33)21-6-4-3-5-7-21/h3-14,22H,15-17H2,1-2H3/t22-/m0/s1. The summed E-state index contributed by atoms with van der Waals surface area (Å²) in [7, 11) is 0. The van der Waals surface area contributed by atoms with Crippen LogP contribution in [0.3, 0.4) is 0 Å². The highest BCUT2D eigenvalue weighted by atomic mass is 16.5. The minimum atomic E-state index is -0.629. The van der Waals surface area contributed by atoms with Gasteiger partial charge in [-0.25, -0.2) is 4.79 Å². The van der Waals surface area contributed by atoms with Crippen LogP contribution in [0, 0.1) is 19.8 Å². The molecular formula is C28H25NO6. The molecule has 1 heterocycles. The highest BCUT2D eigenvalue weighted by Gasteiger charge is 2.36. The summed E-state index contributed by atoms with van der Waals surface area (Å²) >= 11 is 0. The molecule has 0 aromatic heterocycles. The van der Waals surface area contributed by atoms with E-state index in [0.29, 0.717) is 16.9 Å². The molecular weight excluding hydrogens is 446 g/mol. The van der Waals surface area contributed by atoms with Crippen molar-refractivity contribution in [1.29, 1.82) is 0 Å². The zero-order valence-electron chi connectivity index (χ0n) is 19.5. The number of hydrogen-bond donors (Lipinski definition) is 0. The van der Waals surface area contributed by atoms with Crippen molar-refractivity contribution in [3.05, 3.63) is 95.1 Å². The van der Waals surface area contributed by atoms with Crippen LogP contribution in [-0.2, 0) is 14.3 Å². The van der Waals surface area contributed by atoms with Gasteiger partial charge >= 0.3 is 11.9 Å². The number of carbonyl (C=O) groups is 4. The normalized spacial score (nSPS) is 15.1. The maximum atomic E-state index is 12.5. The second-order valence-corrected chi connectivity index (χ2v) is 8.51. The Labute approximate surface area is 203 Å². The number of esters is 2. The summed E-state index contributed by atoms with van der Waals surface area (Å²) in [5.74, 6) is -1.95. The first kappa shape index (κ1) is 23.9. The van der Waals surface area contributed by atoms with E-state index in [-0.39, 0.29) is 18.9 Å². The lowest BCUT2D eigenvalue weighted by atomic mass is 10.1. The third kappa shape index (κ3) is 5.63. The number of nitrogens with zero attached hydrogens (tertiary/aromatic N) is 1. The molecule has 1 fully saturated rings. The van der Waals surface area contributed by atoms with Gasteiger partial charge in [0, 0.05) is 24.2 Å². The van der Waals surface area contributed by atoms with Crippen molar-refractivity contribution in [2.24, 2.45) is 5.92 Å². The van der Waals surface area contributed by atoms with Crippen molar-refractivity contribution in [2.45, 2.75) is 20.3 Å². The molecule has 1 saturated heterocycles. The van der Waals surface area contributed by atoms with Crippen molar-refractivity contribution < 1.29 is 28.7 Å². The van der Waals surface area contributed by atoms with Crippen molar-refractivity contribution in [1.82, 2.24) is 0 Å². The monoisotopic (exact) mass is 471 g/mol. The molecule has 3 aromatic carbocycles. The molecule has 7 heteroatoms. The summed E-state index contributed by atoms with van der Waals surface area (Å²) in [5.41, 5.74) is 3.56. The fourth-order valence-corrected chi connectivity index (χ4v) is 3.99. The lowest BCUT2D eigenvalue weighted by Crippen LogP contribution is -2.27. The number of hydrogen-bond acceptors (Lipinski definition) is 6. The van der Waals surface area contributed by atoms with Crippen molar-refractivity contribution >= 4 is 29.3 Å². The summed E-state index contributed by atoms with van der Waals surface area (Å²) < 4.78 is 10.5. The van der Waals surface area contributed by atoms with Crippen LogP contribution in [0.2, 0.25) is 0 Å². The molecule has 0 unspecified atom stereocenters. The Kier molecular flexibility index (Phi) is 7.06. The molecule has 1 amide bonds. The Hall–Kier alpha value is -4.26. The summed E-state index contributed by atoms with van der Waals surface area (Å²) in [5, 5.41) is 0. The molecule has 4 rings (SSSR count). The van der Waals surface area contributed by atoms with Crippen LogP contribution in [0.25, 0.3) is 0 Å². The van der Waals surface area contributed by atoms with Crippen LogP contribution in [-0.4, -0.2) is 36.8 Å². The van der Waals surface area contributed by atoms with Gasteiger partial charge in [0.15, 0.2) is 12.4 Å². The third-order valence-electron chi connectivity index (χ3n) is 5.84. The first-order valence-electron chi connectivity index (χ1n) is 11.3. The Morgan fingerprint density at radius 1 is 0.914 bits per heavy atom. The fourth-order valence-electron chi connectivity index (χ4n) is 3.99. The molecule has 1 aliphatic heterocycles. The lowest BCUT2D eigenvalue weighted by molar-refractivity contribution is -0.147. The SMILES string of the molecule is Cc1ccc(N2C[C@@H](C(=O)OCC(=O)c3ccc(OC(=O)c4ccccc4)cc3)CC2=O)c(C)c1. The predicted molar refractivity (Wildman–Crippen MR) is 130 cm³/mol. The molecule has 0 N–H and O–H groups in total. The number of carbonyl (C=O) groups excluding carboxylic acids is 4. The van der Waals surface area contributed by atoms with Crippen LogP contribution in [0.1, 0.15) is 38.3 Å². The van der Waals surface area contributed by atoms with Gasteiger partial charge in [-0.1, -0.05) is 35.9 Å². The fraction of sp³-hybridized carbons (Fsp3) is 0.214. The van der Waals surface area contributed by atoms with Gasteiger partial charge < -0.3 is 14.4 Å². The molecule has 0 bridgehead atoms. The molecule has 0 aliphatic carbocycles. The molecule has 0 saturated carbocycles. The third-order valence-corrected chi connectivity index (χ3v) is 5.84. The van der Waals surface area contributed by atoms with Gasteiger partial charge in [-0.05, 0) is 61.9 Å². The number of ketones is 1. The summed E-state index contributed by atoms with van der Waals surface area (Å²) in [6.45, 7) is 3.69. The molecule has 35 heavy (non-hydrogen) atoms. The van der Waals surface area contributed by atoms with Crippen molar-refractivity contribution in [3.8, 4) is 5.75 Å². The van der Waals surface area contributed by atoms with E-state index in [9.17, 15) is 19.2 Å². The molecule has 3 aromatic rings. The number of rotatable bonds is 7. The minimum absolute atomic E-state index is 0.0435. The summed E-state index contributed by atoms with van der Waals surface area (Å²) in [6, 6.07) is 20.4. The average molecular weight is 472 g/mol. The summed E-state index contributed by atoms with van der Waals surface area (Å²) in [6.07, 6.45) is 0.0435. The Bertz CT molecular complexity index is 1270. The number of benzene rings is 3. The second kappa shape index (κ2) is 10.3. The van der Waals surface area contributed by atoms with Crippen LogP contribution in [0.15, 0.2) is 72.8 Å². The van der Waals surface area contributed by atoms with Crippen LogP contribution >= 0.6 is 0 Å². The zero-order valence-corrected chi connectivity index (χ0v) is 19.5. The average Bonchev–Trinajstić information content (AvgIpc) is 3.24. The van der Waals surface area contributed by atoms with Crippen molar-refractivity contribution in [2.75, 3.05) is 18.1 Å². The van der Waals surface area contributed by atoms with Gasteiger partial charge in [0.2, 0.25) is 5.91 Å². The first-order chi connectivity index (χ1) is 16.8. The number of aryl methyl sites for hydroxylation is 2. The van der Waals surface area contributed by atoms with E-state index in [1.165, 1.54) is 24.3 Å². The molecule has 0 spiro atoms.